The van der Waals surface area contributed by atoms with Crippen molar-refractivity contribution >= 4 is 29.9 Å². The second-order valence-electron chi connectivity index (χ2n) is 7.49. The number of guanidine groups is 1. The van der Waals surface area contributed by atoms with Crippen LogP contribution in [0.5, 0.6) is 0 Å². The zero-order valence-electron chi connectivity index (χ0n) is 16.4. The number of piperidine rings is 1. The van der Waals surface area contributed by atoms with Gasteiger partial charge in [0, 0.05) is 19.0 Å². The van der Waals surface area contributed by atoms with Crippen LogP contribution in [-0.2, 0) is 0 Å². The van der Waals surface area contributed by atoms with Crippen LogP contribution in [0.3, 0.4) is 0 Å². The molecule has 2 fully saturated rings. The number of aliphatic hydroxyl groups excluding tert-OH is 1. The zero-order chi connectivity index (χ0) is 18.2. The van der Waals surface area contributed by atoms with E-state index in [1.54, 1.807) is 6.26 Å². The molecular formula is C20H35IN4O2. The third-order valence-electron chi connectivity index (χ3n) is 5.62. The summed E-state index contributed by atoms with van der Waals surface area (Å²) in [5, 5.41) is 16.8. The average molecular weight is 490 g/mol. The van der Waals surface area contributed by atoms with E-state index in [0.717, 1.165) is 57.2 Å². The molecular weight excluding hydrogens is 455 g/mol. The van der Waals surface area contributed by atoms with Gasteiger partial charge >= 0.3 is 0 Å². The largest absolute Gasteiger partial charge is 0.468 e. The molecule has 6 nitrogen and oxygen atoms in total. The van der Waals surface area contributed by atoms with Gasteiger partial charge in [0.05, 0.1) is 25.0 Å². The number of rotatable bonds is 7. The summed E-state index contributed by atoms with van der Waals surface area (Å²) in [6, 6.07) is 4.21. The van der Waals surface area contributed by atoms with Gasteiger partial charge < -0.3 is 20.2 Å². The van der Waals surface area contributed by atoms with E-state index >= 15 is 0 Å². The highest BCUT2D eigenvalue weighted by Gasteiger charge is 2.26. The van der Waals surface area contributed by atoms with Gasteiger partial charge in [-0.2, -0.15) is 0 Å². The molecule has 3 atom stereocenters. The molecule has 154 valence electrons. The Hall–Kier alpha value is -0.800. The molecule has 0 radical (unpaired) electrons. The van der Waals surface area contributed by atoms with Crippen LogP contribution in [0.2, 0.25) is 0 Å². The van der Waals surface area contributed by atoms with Gasteiger partial charge in [-0.05, 0) is 57.8 Å². The highest BCUT2D eigenvalue weighted by atomic mass is 127. The first kappa shape index (κ1) is 22.5. The molecule has 3 rings (SSSR count). The van der Waals surface area contributed by atoms with Crippen LogP contribution >= 0.6 is 24.0 Å². The topological polar surface area (TPSA) is 73.0 Å². The fraction of sp³-hybridized carbons (Fsp3) is 0.750. The number of nitrogens with zero attached hydrogens (tertiary/aromatic N) is 2. The lowest BCUT2D eigenvalue weighted by Gasteiger charge is -2.32. The van der Waals surface area contributed by atoms with Gasteiger partial charge in [0.1, 0.15) is 5.76 Å². The summed E-state index contributed by atoms with van der Waals surface area (Å²) in [5.41, 5.74) is 0. The van der Waals surface area contributed by atoms with Crippen molar-refractivity contribution in [3.8, 4) is 0 Å². The quantitative estimate of drug-likeness (QED) is 0.311. The Kier molecular flexibility index (Phi) is 9.92. The first-order chi connectivity index (χ1) is 12.8. The fourth-order valence-electron chi connectivity index (χ4n) is 4.10. The molecule has 27 heavy (non-hydrogen) atoms. The van der Waals surface area contributed by atoms with Gasteiger partial charge in [0.2, 0.25) is 0 Å². The summed E-state index contributed by atoms with van der Waals surface area (Å²) < 4.78 is 5.71. The summed E-state index contributed by atoms with van der Waals surface area (Å²) in [6.45, 7) is 6.58. The van der Waals surface area contributed by atoms with E-state index in [1.807, 2.05) is 6.07 Å². The first-order valence-corrected chi connectivity index (χ1v) is 10.3. The Morgan fingerprint density at radius 3 is 2.70 bits per heavy atom. The number of aliphatic imine (C=N–C) groups is 1. The zero-order valence-corrected chi connectivity index (χ0v) is 18.7. The number of furan rings is 1. The Labute approximate surface area is 180 Å². The van der Waals surface area contributed by atoms with Crippen LogP contribution in [0.15, 0.2) is 27.8 Å². The van der Waals surface area contributed by atoms with Crippen molar-refractivity contribution in [3.63, 3.8) is 0 Å². The Morgan fingerprint density at radius 1 is 1.26 bits per heavy atom. The van der Waals surface area contributed by atoms with Gasteiger partial charge in [-0.15, -0.1) is 24.0 Å². The molecule has 0 amide bonds. The highest BCUT2D eigenvalue weighted by molar-refractivity contribution is 14.0. The lowest BCUT2D eigenvalue weighted by molar-refractivity contribution is 0.134. The number of hydrogen-bond donors (Lipinski definition) is 3. The summed E-state index contributed by atoms with van der Waals surface area (Å²) in [4.78, 5) is 7.34. The average Bonchev–Trinajstić information content (AvgIpc) is 3.33. The van der Waals surface area contributed by atoms with E-state index < -0.39 is 0 Å². The minimum Gasteiger partial charge on any atom is -0.468 e. The molecule has 0 bridgehead atoms. The summed E-state index contributed by atoms with van der Waals surface area (Å²) in [5.74, 6) is 2.17. The van der Waals surface area contributed by atoms with E-state index in [2.05, 4.69) is 28.5 Å². The summed E-state index contributed by atoms with van der Waals surface area (Å²) in [6.07, 6.45) is 8.54. The molecule has 3 unspecified atom stereocenters. The van der Waals surface area contributed by atoms with Crippen LogP contribution in [0.1, 0.15) is 57.3 Å². The molecule has 2 aliphatic rings. The second-order valence-corrected chi connectivity index (χ2v) is 7.49. The smallest absolute Gasteiger partial charge is 0.191 e. The molecule has 1 aliphatic carbocycles. The summed E-state index contributed by atoms with van der Waals surface area (Å²) in [7, 11) is 0. The SMILES string of the molecule is CCNC(=NCC(c1ccco1)N1CCCCC1)NCC1CCCC1O.I. The van der Waals surface area contributed by atoms with E-state index in [1.165, 1.54) is 19.3 Å². The van der Waals surface area contributed by atoms with Crippen molar-refractivity contribution in [2.75, 3.05) is 32.7 Å². The van der Waals surface area contributed by atoms with E-state index in [4.69, 9.17) is 9.41 Å². The summed E-state index contributed by atoms with van der Waals surface area (Å²) >= 11 is 0. The normalized spacial score (nSPS) is 25.0. The van der Waals surface area contributed by atoms with Crippen molar-refractivity contribution in [2.24, 2.45) is 10.9 Å². The lowest BCUT2D eigenvalue weighted by atomic mass is 10.1. The van der Waals surface area contributed by atoms with Gasteiger partial charge in [-0.25, -0.2) is 0 Å². The van der Waals surface area contributed by atoms with Crippen molar-refractivity contribution in [1.29, 1.82) is 0 Å². The van der Waals surface area contributed by atoms with E-state index in [9.17, 15) is 5.11 Å². The molecule has 1 aromatic heterocycles. The number of likely N-dealkylation sites (tertiary alicyclic amines) is 1. The number of aliphatic hydroxyl groups is 1. The second kappa shape index (κ2) is 11.9. The van der Waals surface area contributed by atoms with E-state index in [0.29, 0.717) is 12.5 Å². The maximum atomic E-state index is 10.0. The van der Waals surface area contributed by atoms with Crippen molar-refractivity contribution in [3.05, 3.63) is 24.2 Å². The van der Waals surface area contributed by atoms with Gasteiger partial charge in [0.25, 0.3) is 0 Å². The minimum absolute atomic E-state index is 0. The molecule has 1 aromatic rings. The molecule has 7 heteroatoms. The van der Waals surface area contributed by atoms with Gasteiger partial charge in [-0.3, -0.25) is 9.89 Å². The minimum atomic E-state index is -0.172. The predicted molar refractivity (Wildman–Crippen MR) is 120 cm³/mol. The molecule has 0 aromatic carbocycles. The highest BCUT2D eigenvalue weighted by Crippen LogP contribution is 2.26. The Balaban J connectivity index is 0.00000261. The molecule has 1 saturated heterocycles. The van der Waals surface area contributed by atoms with Crippen LogP contribution < -0.4 is 10.6 Å². The molecule has 3 N–H and O–H groups in total. The number of hydrogen-bond acceptors (Lipinski definition) is 4. The molecule has 1 saturated carbocycles. The molecule has 1 aliphatic heterocycles. The van der Waals surface area contributed by atoms with E-state index in [-0.39, 0.29) is 36.1 Å². The number of halogens is 1. The van der Waals surface area contributed by atoms with Crippen LogP contribution in [0.4, 0.5) is 0 Å². The standard InChI is InChI=1S/C20H34N4O2.HI/c1-2-21-20(22-14-16-8-6-9-18(16)25)23-15-17(19-10-7-13-26-19)24-11-4-3-5-12-24;/h7,10,13,16-18,25H,2-6,8-9,11-12,14-15H2,1H3,(H2,21,22,23);1H. The first-order valence-electron chi connectivity index (χ1n) is 10.3. The molecule has 0 spiro atoms. The number of nitrogens with one attached hydrogen (secondary N) is 2. The lowest BCUT2D eigenvalue weighted by Crippen LogP contribution is -2.42. The third kappa shape index (κ3) is 6.64. The Bertz CT molecular complexity index is 546. The third-order valence-corrected chi connectivity index (χ3v) is 5.62. The monoisotopic (exact) mass is 490 g/mol. The van der Waals surface area contributed by atoms with Crippen LogP contribution in [0, 0.1) is 5.92 Å². The van der Waals surface area contributed by atoms with Gasteiger partial charge in [-0.1, -0.05) is 12.8 Å². The van der Waals surface area contributed by atoms with Crippen LogP contribution in [0.25, 0.3) is 0 Å². The van der Waals surface area contributed by atoms with Crippen molar-refractivity contribution in [1.82, 2.24) is 15.5 Å². The predicted octanol–water partition coefficient (Wildman–Crippen LogP) is 3.14. The van der Waals surface area contributed by atoms with Crippen molar-refractivity contribution in [2.45, 2.75) is 57.6 Å². The van der Waals surface area contributed by atoms with Gasteiger partial charge in [0.15, 0.2) is 5.96 Å². The Morgan fingerprint density at radius 2 is 2.07 bits per heavy atom. The van der Waals surface area contributed by atoms with Crippen molar-refractivity contribution < 1.29 is 9.52 Å². The molecule has 2 heterocycles. The maximum Gasteiger partial charge on any atom is 0.191 e. The fourth-order valence-corrected chi connectivity index (χ4v) is 4.10. The maximum absolute atomic E-state index is 10.0. The van der Waals surface area contributed by atoms with Crippen LogP contribution in [-0.4, -0.2) is 54.8 Å².